The predicted molar refractivity (Wildman–Crippen MR) is 76.1 cm³/mol. The van der Waals surface area contributed by atoms with Crippen molar-refractivity contribution >= 4 is 22.6 Å². The van der Waals surface area contributed by atoms with Crippen molar-refractivity contribution < 1.29 is 4.74 Å². The first-order valence-corrected chi connectivity index (χ1v) is 6.36. The molecule has 0 radical (unpaired) electrons. The first kappa shape index (κ1) is 12.3. The lowest BCUT2D eigenvalue weighted by Gasteiger charge is -2.08. The molecule has 0 unspecified atom stereocenters. The maximum atomic E-state index is 5.73. The van der Waals surface area contributed by atoms with E-state index >= 15 is 0 Å². The Labute approximate surface area is 114 Å². The average molecular weight is 340 g/mol. The average Bonchev–Trinajstić information content (AvgIpc) is 2.32. The van der Waals surface area contributed by atoms with Gasteiger partial charge in [-0.1, -0.05) is 6.07 Å². The summed E-state index contributed by atoms with van der Waals surface area (Å²) in [7, 11) is 0. The fourth-order valence-corrected chi connectivity index (χ4v) is 2.00. The molecule has 2 rings (SSSR count). The summed E-state index contributed by atoms with van der Waals surface area (Å²) in [5.74, 6) is 1.43. The van der Waals surface area contributed by atoms with E-state index in [1.807, 2.05) is 37.3 Å². The largest absolute Gasteiger partial charge is 0.439 e. The van der Waals surface area contributed by atoms with Gasteiger partial charge >= 0.3 is 0 Å². The molecule has 0 bridgehead atoms. The third-order valence-corrected chi connectivity index (χ3v) is 3.00. The SMILES string of the molecule is Cc1cc(CN)cnc1Oc1cccc(I)c1. The summed E-state index contributed by atoms with van der Waals surface area (Å²) in [5, 5.41) is 0. The molecule has 88 valence electrons. The van der Waals surface area contributed by atoms with E-state index in [1.54, 1.807) is 6.20 Å². The minimum Gasteiger partial charge on any atom is -0.439 e. The Morgan fingerprint density at radius 1 is 1.35 bits per heavy atom. The van der Waals surface area contributed by atoms with Gasteiger partial charge in [-0.2, -0.15) is 0 Å². The molecular weight excluding hydrogens is 327 g/mol. The maximum Gasteiger partial charge on any atom is 0.222 e. The van der Waals surface area contributed by atoms with Gasteiger partial charge in [0.1, 0.15) is 5.75 Å². The van der Waals surface area contributed by atoms with Crippen LogP contribution >= 0.6 is 22.6 Å². The zero-order valence-electron chi connectivity index (χ0n) is 9.48. The van der Waals surface area contributed by atoms with Crippen LogP contribution in [0, 0.1) is 10.5 Å². The number of nitrogens with two attached hydrogens (primary N) is 1. The molecule has 0 aliphatic rings. The van der Waals surface area contributed by atoms with E-state index in [2.05, 4.69) is 27.6 Å². The van der Waals surface area contributed by atoms with Crippen molar-refractivity contribution in [2.75, 3.05) is 0 Å². The Balaban J connectivity index is 2.24. The minimum atomic E-state index is 0.497. The topological polar surface area (TPSA) is 48.1 Å². The molecule has 0 saturated carbocycles. The number of nitrogens with zero attached hydrogens (tertiary/aromatic N) is 1. The van der Waals surface area contributed by atoms with Crippen LogP contribution in [0.5, 0.6) is 11.6 Å². The lowest BCUT2D eigenvalue weighted by Crippen LogP contribution is -1.99. The van der Waals surface area contributed by atoms with Crippen molar-refractivity contribution in [2.24, 2.45) is 5.73 Å². The molecule has 0 aliphatic carbocycles. The Bertz CT molecular complexity index is 529. The summed E-state index contributed by atoms with van der Waals surface area (Å²) < 4.78 is 6.87. The van der Waals surface area contributed by atoms with Crippen molar-refractivity contribution in [3.05, 3.63) is 51.2 Å². The number of aryl methyl sites for hydroxylation is 1. The Hall–Kier alpha value is -1.14. The first-order chi connectivity index (χ1) is 8.19. The molecule has 0 aliphatic heterocycles. The van der Waals surface area contributed by atoms with Crippen molar-refractivity contribution in [1.29, 1.82) is 0 Å². The lowest BCUT2D eigenvalue weighted by molar-refractivity contribution is 0.458. The zero-order valence-corrected chi connectivity index (χ0v) is 11.6. The van der Waals surface area contributed by atoms with Gasteiger partial charge in [0, 0.05) is 21.9 Å². The smallest absolute Gasteiger partial charge is 0.222 e. The van der Waals surface area contributed by atoms with Crippen LogP contribution in [0.15, 0.2) is 36.5 Å². The summed E-state index contributed by atoms with van der Waals surface area (Å²) in [4.78, 5) is 4.27. The molecule has 2 N–H and O–H groups in total. The predicted octanol–water partition coefficient (Wildman–Crippen LogP) is 3.25. The molecule has 4 heteroatoms. The van der Waals surface area contributed by atoms with Crippen molar-refractivity contribution in [1.82, 2.24) is 4.98 Å². The van der Waals surface area contributed by atoms with Gasteiger partial charge in [0.2, 0.25) is 5.88 Å². The van der Waals surface area contributed by atoms with Crippen LogP contribution in [-0.4, -0.2) is 4.98 Å². The van der Waals surface area contributed by atoms with E-state index in [4.69, 9.17) is 10.5 Å². The van der Waals surface area contributed by atoms with Gasteiger partial charge < -0.3 is 10.5 Å². The number of benzene rings is 1. The maximum absolute atomic E-state index is 5.73. The van der Waals surface area contributed by atoms with E-state index in [1.165, 1.54) is 0 Å². The molecular formula is C13H13IN2O. The summed E-state index contributed by atoms with van der Waals surface area (Å²) in [6.07, 6.45) is 1.75. The van der Waals surface area contributed by atoms with Gasteiger partial charge in [0.25, 0.3) is 0 Å². The molecule has 1 aromatic heterocycles. The molecule has 0 spiro atoms. The van der Waals surface area contributed by atoms with E-state index in [0.717, 1.165) is 20.4 Å². The van der Waals surface area contributed by atoms with E-state index < -0.39 is 0 Å². The quantitative estimate of drug-likeness (QED) is 0.873. The molecule has 0 amide bonds. The van der Waals surface area contributed by atoms with Crippen LogP contribution in [0.2, 0.25) is 0 Å². The number of rotatable bonds is 3. The molecule has 17 heavy (non-hydrogen) atoms. The molecule has 0 saturated heterocycles. The van der Waals surface area contributed by atoms with Crippen LogP contribution < -0.4 is 10.5 Å². The highest BCUT2D eigenvalue weighted by Crippen LogP contribution is 2.24. The highest BCUT2D eigenvalue weighted by atomic mass is 127. The zero-order chi connectivity index (χ0) is 12.3. The highest BCUT2D eigenvalue weighted by molar-refractivity contribution is 14.1. The van der Waals surface area contributed by atoms with Crippen molar-refractivity contribution in [2.45, 2.75) is 13.5 Å². The minimum absolute atomic E-state index is 0.497. The van der Waals surface area contributed by atoms with Gasteiger partial charge in [-0.25, -0.2) is 4.98 Å². The molecule has 0 atom stereocenters. The van der Waals surface area contributed by atoms with Crippen molar-refractivity contribution in [3.8, 4) is 11.6 Å². The monoisotopic (exact) mass is 340 g/mol. The van der Waals surface area contributed by atoms with Gasteiger partial charge in [-0.05, 0) is 59.3 Å². The number of ether oxygens (including phenoxy) is 1. The van der Waals surface area contributed by atoms with Gasteiger partial charge in [0.05, 0.1) is 0 Å². The molecule has 3 nitrogen and oxygen atoms in total. The van der Waals surface area contributed by atoms with E-state index in [0.29, 0.717) is 12.4 Å². The second-order valence-corrected chi connectivity index (χ2v) is 4.97. The van der Waals surface area contributed by atoms with Crippen LogP contribution in [0.25, 0.3) is 0 Å². The molecule has 0 fully saturated rings. The second kappa shape index (κ2) is 5.46. The first-order valence-electron chi connectivity index (χ1n) is 5.28. The number of hydrogen-bond acceptors (Lipinski definition) is 3. The summed E-state index contributed by atoms with van der Waals surface area (Å²) in [6.45, 7) is 2.47. The standard InChI is InChI=1S/C13H13IN2O/c1-9-5-10(7-15)8-16-13(9)17-12-4-2-3-11(14)6-12/h2-6,8H,7,15H2,1H3. The molecule has 1 aromatic carbocycles. The van der Waals surface area contributed by atoms with Crippen LogP contribution in [0.4, 0.5) is 0 Å². The molecule has 2 aromatic rings. The van der Waals surface area contributed by atoms with Crippen molar-refractivity contribution in [3.63, 3.8) is 0 Å². The number of aromatic nitrogens is 1. The fourth-order valence-electron chi connectivity index (χ4n) is 1.48. The molecule has 1 heterocycles. The van der Waals surface area contributed by atoms with Gasteiger partial charge in [-0.3, -0.25) is 0 Å². The number of pyridine rings is 1. The third-order valence-electron chi connectivity index (χ3n) is 2.33. The lowest BCUT2D eigenvalue weighted by atomic mass is 10.2. The second-order valence-electron chi connectivity index (χ2n) is 3.73. The summed E-state index contributed by atoms with van der Waals surface area (Å²) in [5.41, 5.74) is 7.56. The van der Waals surface area contributed by atoms with Gasteiger partial charge in [0.15, 0.2) is 0 Å². The van der Waals surface area contributed by atoms with E-state index in [-0.39, 0.29) is 0 Å². The van der Waals surface area contributed by atoms with Crippen LogP contribution in [-0.2, 0) is 6.54 Å². The normalized spacial score (nSPS) is 10.3. The summed E-state index contributed by atoms with van der Waals surface area (Å²) >= 11 is 2.25. The highest BCUT2D eigenvalue weighted by Gasteiger charge is 2.04. The van der Waals surface area contributed by atoms with E-state index in [9.17, 15) is 0 Å². The summed E-state index contributed by atoms with van der Waals surface area (Å²) in [6, 6.07) is 9.86. The number of halogens is 1. The Morgan fingerprint density at radius 3 is 2.82 bits per heavy atom. The number of hydrogen-bond donors (Lipinski definition) is 1. The Kier molecular flexibility index (Phi) is 3.96. The third kappa shape index (κ3) is 3.17. The van der Waals surface area contributed by atoms with Crippen LogP contribution in [0.3, 0.4) is 0 Å². The Morgan fingerprint density at radius 2 is 2.18 bits per heavy atom. The van der Waals surface area contributed by atoms with Crippen LogP contribution in [0.1, 0.15) is 11.1 Å². The van der Waals surface area contributed by atoms with Gasteiger partial charge in [-0.15, -0.1) is 0 Å². The fraction of sp³-hybridized carbons (Fsp3) is 0.154.